The molecule has 0 bridgehead atoms. The zero-order chi connectivity index (χ0) is 63.3. The number of aliphatic carboxylic acids is 4. The van der Waals surface area contributed by atoms with Crippen LogP contribution < -0.4 is 358 Å². The van der Waals surface area contributed by atoms with Gasteiger partial charge in [-0.2, -0.15) is 38.6 Å². The topological polar surface area (TPSA) is 622 Å². The van der Waals surface area contributed by atoms with Crippen LogP contribution in [0.4, 0.5) is 58.4 Å². The van der Waals surface area contributed by atoms with Gasteiger partial charge in [0.1, 0.15) is 40.5 Å². The van der Waals surface area contributed by atoms with E-state index in [-0.39, 0.29) is 352 Å². The largest absolute Gasteiger partial charge is 1.00 e. The van der Waals surface area contributed by atoms with Gasteiger partial charge in [-0.3, -0.25) is 10.1 Å². The summed E-state index contributed by atoms with van der Waals surface area (Å²) in [6.07, 6.45) is -1.28. The summed E-state index contributed by atoms with van der Waals surface area (Å²) >= 11 is 0.368. The molecule has 0 saturated heterocycles. The molecule has 2 aromatic heterocycles. The van der Waals surface area contributed by atoms with Gasteiger partial charge in [-0.1, -0.05) is 24.3 Å². The van der Waals surface area contributed by atoms with Gasteiger partial charge in [-0.25, -0.2) is 33.7 Å². The van der Waals surface area contributed by atoms with Crippen molar-refractivity contribution in [2.45, 2.75) is 67.1 Å². The van der Waals surface area contributed by atoms with Gasteiger partial charge in [-0.15, -0.1) is 0 Å². The first kappa shape index (κ1) is 106. The third kappa shape index (κ3) is 34.8. The summed E-state index contributed by atoms with van der Waals surface area (Å²) in [6, 6.07) is 6.80. The number of carbonyl (C=O) groups is 4. The number of nitrogens with one attached hydrogen (secondary N) is 6. The van der Waals surface area contributed by atoms with Crippen molar-refractivity contribution in [3.8, 4) is 0 Å². The Morgan fingerprint density at radius 3 is 1.00 bits per heavy atom. The molecule has 0 aliphatic carbocycles. The number of anilines is 10. The Morgan fingerprint density at radius 1 is 0.427 bits per heavy atom. The molecule has 2 atom stereocenters. The summed E-state index contributed by atoms with van der Waals surface area (Å²) < 4.78 is 156. The number of hydrogen-bond acceptors (Lipinski definition) is 40. The minimum atomic E-state index is -5.54. The summed E-state index contributed by atoms with van der Waals surface area (Å²) in [5.41, 5.74) is -2.41. The van der Waals surface area contributed by atoms with E-state index in [4.69, 9.17) is 0 Å². The molecular formula is C42H30N12Na10O26S6. The average molecular weight is 1540 g/mol. The zero-order valence-electron chi connectivity index (χ0n) is 51.8. The standard InChI is InChI=1S/C42H40N12O26S6.10Na/c55-33(56)13-9-25(35(59)60)45-39-49-37(51-41(53-39)47-27-17-23(83(65,66)67)7-11-29(27)81-79-77-63)43-21-5-3-19(31(15-21)85(71,72)73)1-2-20-4-6-22(16-32(20)86(74,75)76)44-38-50-40(46-26(36(61)62)10-14-34(57)58)54-42(52-38)48-28-18-24(84(68,69)70)8-12-30(28)82-80-78-64;;;;;;;;;;/h1-8,11-12,15-18,25-26,63-64H,9-10,13-14H2,(H,55,56)(H,57,58)(H,59,60)(H,61,62)(H,65,66,67)(H,68,69,70)(H,71,72,73)(H,74,75,76)(H3,43,45,47,49,51,53)(H3,44,46,48,50,52,54);;;;;;;;;;/q;10*+1/p-10/b2-1+;;;;;;;;;;. The Labute approximate surface area is 774 Å². The van der Waals surface area contributed by atoms with E-state index in [9.17, 15) is 102 Å². The van der Waals surface area contributed by atoms with E-state index < -0.39 is 169 Å². The molecule has 38 nitrogen and oxygen atoms in total. The fourth-order valence-electron chi connectivity index (χ4n) is 6.82. The predicted octanol–water partition coefficient (Wildman–Crippen LogP) is -34.6. The molecule has 0 fully saturated rings. The van der Waals surface area contributed by atoms with Crippen LogP contribution in [0.5, 0.6) is 0 Å². The van der Waals surface area contributed by atoms with Crippen LogP contribution >= 0.6 is 24.1 Å². The number of rotatable bonds is 32. The summed E-state index contributed by atoms with van der Waals surface area (Å²) in [4.78, 5) is 66.0. The second-order valence-corrected chi connectivity index (χ2v) is 23.3. The fraction of sp³-hybridized carbons (Fsp3) is 0.143. The van der Waals surface area contributed by atoms with Gasteiger partial charge in [0.25, 0.3) is 0 Å². The van der Waals surface area contributed by atoms with E-state index in [2.05, 4.69) is 80.5 Å². The van der Waals surface area contributed by atoms with Crippen LogP contribution in [0.2, 0.25) is 0 Å². The molecule has 2 heterocycles. The Morgan fingerprint density at radius 2 is 0.729 bits per heavy atom. The molecule has 96 heavy (non-hydrogen) atoms. The van der Waals surface area contributed by atoms with E-state index in [1.807, 2.05) is 0 Å². The Balaban J connectivity index is -0.00000276. The molecule has 0 aliphatic rings. The Bertz CT molecular complexity index is 3860. The Kier molecular flexibility index (Phi) is 54.5. The summed E-state index contributed by atoms with van der Waals surface area (Å²) in [5.74, 6) is -11.1. The quantitative estimate of drug-likeness (QED) is 0.00570. The van der Waals surface area contributed by atoms with Gasteiger partial charge in [0, 0.05) is 23.3 Å². The first-order valence-corrected chi connectivity index (χ1v) is 29.7. The van der Waals surface area contributed by atoms with Crippen LogP contribution in [0, 0.1) is 0 Å². The number of carbonyl (C=O) groups excluding carboxylic acids is 4. The minimum Gasteiger partial charge on any atom is -0.744 e. The summed E-state index contributed by atoms with van der Waals surface area (Å²) in [5, 5.41) is 88.5. The maximum atomic E-state index is 12.8. The molecular weight excluding hydrogens is 1510 g/mol. The maximum Gasteiger partial charge on any atom is 1.00 e. The van der Waals surface area contributed by atoms with Crippen LogP contribution in [0.25, 0.3) is 12.2 Å². The van der Waals surface area contributed by atoms with Crippen molar-refractivity contribution >= 4 is 159 Å². The number of aromatic nitrogens is 6. The molecule has 0 radical (unpaired) electrons. The Hall–Kier alpha value is 1.42. The number of carboxylic acids is 4. The van der Waals surface area contributed by atoms with Crippen molar-refractivity contribution in [2.24, 2.45) is 0 Å². The first-order valence-electron chi connectivity index (χ1n) is 22.6. The van der Waals surface area contributed by atoms with Crippen LogP contribution in [0.3, 0.4) is 0 Å². The van der Waals surface area contributed by atoms with Crippen molar-refractivity contribution in [1.29, 1.82) is 0 Å². The number of hydrogen-bond donors (Lipinski definition) is 6. The maximum absolute atomic E-state index is 12.8. The third-order valence-corrected chi connectivity index (χ3v) is 15.3. The molecule has 0 saturated carbocycles. The van der Waals surface area contributed by atoms with E-state index in [0.717, 1.165) is 72.8 Å². The van der Waals surface area contributed by atoms with Gasteiger partial charge in [0.15, 0.2) is 0 Å². The normalized spacial score (nSPS) is 11.4. The number of carboxylic acid groups (broad SMARTS) is 4. The molecule has 460 valence electrons. The van der Waals surface area contributed by atoms with Crippen molar-refractivity contribution < 1.29 is 416 Å². The molecule has 0 amide bonds. The molecule has 54 heteroatoms. The van der Waals surface area contributed by atoms with E-state index in [1.165, 1.54) is 0 Å². The minimum absolute atomic E-state index is 0. The molecule has 6 N–H and O–H groups in total. The van der Waals surface area contributed by atoms with E-state index >= 15 is 0 Å². The molecule has 6 rings (SSSR count). The summed E-state index contributed by atoms with van der Waals surface area (Å²) in [6.45, 7) is 0. The van der Waals surface area contributed by atoms with Crippen LogP contribution in [0.15, 0.2) is 102 Å². The smallest absolute Gasteiger partial charge is 0.744 e. The SMILES string of the molecule is O=C([O-])CCC(Nc1nc(Nc2ccc(/C=C/c3ccc(Nc4nc(Nc5cc(S(=O)(=O)[O-])ccc5SOO[O-])nc(NC(CCC(=O)[O-])C(=O)[O-])n4)cc3S(=O)(=O)[O-])c(S(=O)(=O)[O-])c2)nc(Nc2cc(S(=O)(=O)[O-])ccc2SOO[O-])n1)C(=O)[O-].[Na+].[Na+].[Na+].[Na+].[Na+].[Na+].[Na+].[Na+].[Na+].[Na+]. The van der Waals surface area contributed by atoms with Gasteiger partial charge in [0.05, 0.1) is 88.9 Å². The summed E-state index contributed by atoms with van der Waals surface area (Å²) in [7, 11) is -21.4. The van der Waals surface area contributed by atoms with Crippen molar-refractivity contribution in [1.82, 2.24) is 29.9 Å². The number of nitrogens with zero attached hydrogens (tertiary/aromatic N) is 6. The van der Waals surface area contributed by atoms with Crippen molar-refractivity contribution in [3.63, 3.8) is 0 Å². The molecule has 0 spiro atoms. The van der Waals surface area contributed by atoms with Crippen molar-refractivity contribution in [3.05, 3.63) is 83.9 Å². The first-order chi connectivity index (χ1) is 40.3. The molecule has 6 aromatic rings. The van der Waals surface area contributed by atoms with Gasteiger partial charge >= 0.3 is 296 Å². The van der Waals surface area contributed by atoms with Gasteiger partial charge < -0.3 is 100 Å². The average Bonchev–Trinajstić information content (AvgIpc) is 0.819. The van der Waals surface area contributed by atoms with E-state index in [1.54, 1.807) is 0 Å². The molecule has 2 unspecified atom stereocenters. The third-order valence-electron chi connectivity index (χ3n) is 10.5. The second kappa shape index (κ2) is 49.3. The number of benzene rings is 4. The van der Waals surface area contributed by atoms with Gasteiger partial charge in [-0.05, 0) is 97.5 Å². The van der Waals surface area contributed by atoms with Crippen LogP contribution in [-0.2, 0) is 78.4 Å². The van der Waals surface area contributed by atoms with Gasteiger partial charge in [0.2, 0.25) is 35.7 Å². The van der Waals surface area contributed by atoms with Crippen molar-refractivity contribution in [2.75, 3.05) is 31.9 Å². The molecule has 4 aromatic carbocycles. The second-order valence-electron chi connectivity index (χ2n) is 16.4. The fourth-order valence-corrected chi connectivity index (χ4v) is 10.1. The molecule has 0 aliphatic heterocycles. The monoisotopic (exact) mass is 1540 g/mol. The predicted molar refractivity (Wildman–Crippen MR) is 269 cm³/mol. The van der Waals surface area contributed by atoms with Crippen LogP contribution in [-0.4, -0.2) is 118 Å². The van der Waals surface area contributed by atoms with E-state index in [0.29, 0.717) is 12.1 Å². The zero-order valence-corrected chi connectivity index (χ0v) is 76.7. The van der Waals surface area contributed by atoms with Crippen LogP contribution in [0.1, 0.15) is 36.8 Å².